The third-order valence-electron chi connectivity index (χ3n) is 3.71. The minimum atomic E-state index is 0.0395. The molecule has 0 spiro atoms. The van der Waals surface area contributed by atoms with Gasteiger partial charge in [-0.2, -0.15) is 0 Å². The zero-order valence-electron chi connectivity index (χ0n) is 10.8. The number of hydrogen-bond donors (Lipinski definition) is 1. The number of rotatable bonds is 4. The molecule has 0 saturated heterocycles. The molecule has 0 aliphatic heterocycles. The first-order valence-electron chi connectivity index (χ1n) is 6.26. The fraction of sp³-hybridized carbons (Fsp3) is 1.00. The van der Waals surface area contributed by atoms with Crippen molar-refractivity contribution in [2.75, 3.05) is 20.2 Å². The van der Waals surface area contributed by atoms with E-state index >= 15 is 0 Å². The van der Waals surface area contributed by atoms with Crippen LogP contribution in [0.2, 0.25) is 0 Å². The molecule has 0 aromatic carbocycles. The van der Waals surface area contributed by atoms with Gasteiger partial charge in [-0.3, -0.25) is 0 Å². The SMILES string of the molecule is CC1CCC(N(C)CC(C)(C)CO)CC1. The highest BCUT2D eigenvalue weighted by Crippen LogP contribution is 2.28. The monoisotopic (exact) mass is 213 g/mol. The summed E-state index contributed by atoms with van der Waals surface area (Å²) >= 11 is 0. The Labute approximate surface area is 94.7 Å². The van der Waals surface area contributed by atoms with Gasteiger partial charge in [0.2, 0.25) is 0 Å². The van der Waals surface area contributed by atoms with Crippen LogP contribution in [-0.4, -0.2) is 36.2 Å². The van der Waals surface area contributed by atoms with Crippen molar-refractivity contribution < 1.29 is 5.11 Å². The first kappa shape index (κ1) is 13.0. The summed E-state index contributed by atoms with van der Waals surface area (Å²) < 4.78 is 0. The molecule has 1 saturated carbocycles. The highest BCUT2D eigenvalue weighted by molar-refractivity contribution is 4.80. The number of aliphatic hydroxyl groups is 1. The van der Waals surface area contributed by atoms with Gasteiger partial charge in [0.15, 0.2) is 0 Å². The van der Waals surface area contributed by atoms with Crippen LogP contribution in [0.1, 0.15) is 46.5 Å². The maximum atomic E-state index is 9.26. The lowest BCUT2D eigenvalue weighted by molar-refractivity contribution is 0.0782. The maximum Gasteiger partial charge on any atom is 0.0494 e. The van der Waals surface area contributed by atoms with E-state index in [1.54, 1.807) is 0 Å². The van der Waals surface area contributed by atoms with Gasteiger partial charge in [0.25, 0.3) is 0 Å². The summed E-state index contributed by atoms with van der Waals surface area (Å²) in [7, 11) is 2.21. The number of aliphatic hydroxyl groups excluding tert-OH is 1. The molecule has 15 heavy (non-hydrogen) atoms. The number of nitrogens with zero attached hydrogens (tertiary/aromatic N) is 1. The summed E-state index contributed by atoms with van der Waals surface area (Å²) in [5.41, 5.74) is 0.0395. The average Bonchev–Trinajstić information content (AvgIpc) is 2.18. The van der Waals surface area contributed by atoms with Crippen molar-refractivity contribution in [3.63, 3.8) is 0 Å². The van der Waals surface area contributed by atoms with Crippen LogP contribution >= 0.6 is 0 Å². The molecule has 2 nitrogen and oxygen atoms in total. The summed E-state index contributed by atoms with van der Waals surface area (Å²) in [6, 6.07) is 0.743. The van der Waals surface area contributed by atoms with E-state index in [4.69, 9.17) is 0 Å². The highest BCUT2D eigenvalue weighted by atomic mass is 16.3. The topological polar surface area (TPSA) is 23.5 Å². The summed E-state index contributed by atoms with van der Waals surface area (Å²) in [4.78, 5) is 2.45. The molecule has 0 radical (unpaired) electrons. The van der Waals surface area contributed by atoms with E-state index in [1.165, 1.54) is 25.7 Å². The highest BCUT2D eigenvalue weighted by Gasteiger charge is 2.26. The van der Waals surface area contributed by atoms with Gasteiger partial charge in [-0.1, -0.05) is 20.8 Å². The lowest BCUT2D eigenvalue weighted by atomic mass is 9.85. The lowest BCUT2D eigenvalue weighted by Gasteiger charge is -2.37. The molecule has 1 aliphatic rings. The Bertz CT molecular complexity index is 183. The molecule has 0 bridgehead atoms. The second-order valence-corrected chi connectivity index (χ2v) is 6.15. The van der Waals surface area contributed by atoms with Crippen molar-refractivity contribution in [1.82, 2.24) is 4.90 Å². The second kappa shape index (κ2) is 5.31. The van der Waals surface area contributed by atoms with Crippen LogP contribution in [0.3, 0.4) is 0 Å². The van der Waals surface area contributed by atoms with Crippen LogP contribution < -0.4 is 0 Å². The third kappa shape index (κ3) is 4.12. The van der Waals surface area contributed by atoms with E-state index in [0.717, 1.165) is 18.5 Å². The standard InChI is InChI=1S/C13H27NO/c1-11-5-7-12(8-6-11)14(4)9-13(2,3)10-15/h11-12,15H,5-10H2,1-4H3. The molecule has 1 aliphatic carbocycles. The first-order valence-corrected chi connectivity index (χ1v) is 6.26. The van der Waals surface area contributed by atoms with Gasteiger partial charge in [-0.05, 0) is 38.6 Å². The van der Waals surface area contributed by atoms with Crippen molar-refractivity contribution in [3.8, 4) is 0 Å². The van der Waals surface area contributed by atoms with E-state index in [1.807, 2.05) is 0 Å². The number of hydrogen-bond acceptors (Lipinski definition) is 2. The van der Waals surface area contributed by atoms with Crippen LogP contribution in [0.4, 0.5) is 0 Å². The van der Waals surface area contributed by atoms with Crippen molar-refractivity contribution >= 4 is 0 Å². The fourth-order valence-corrected chi connectivity index (χ4v) is 2.54. The molecule has 0 amide bonds. The summed E-state index contributed by atoms with van der Waals surface area (Å²) in [6.07, 6.45) is 5.40. The predicted molar refractivity (Wildman–Crippen MR) is 64.9 cm³/mol. The van der Waals surface area contributed by atoms with Crippen LogP contribution in [0.15, 0.2) is 0 Å². The van der Waals surface area contributed by atoms with Crippen molar-refractivity contribution in [1.29, 1.82) is 0 Å². The van der Waals surface area contributed by atoms with Crippen molar-refractivity contribution in [2.24, 2.45) is 11.3 Å². The molecule has 1 rings (SSSR count). The first-order chi connectivity index (χ1) is 6.94. The molecule has 0 aromatic heterocycles. The molecular formula is C13H27NO. The predicted octanol–water partition coefficient (Wildman–Crippen LogP) is 2.52. The molecule has 90 valence electrons. The molecule has 0 unspecified atom stereocenters. The maximum absolute atomic E-state index is 9.26. The van der Waals surface area contributed by atoms with E-state index in [0.29, 0.717) is 0 Å². The summed E-state index contributed by atoms with van der Waals surface area (Å²) in [5, 5.41) is 9.26. The molecule has 0 heterocycles. The minimum absolute atomic E-state index is 0.0395. The molecule has 2 heteroatoms. The zero-order chi connectivity index (χ0) is 11.5. The Morgan fingerprint density at radius 3 is 2.20 bits per heavy atom. The van der Waals surface area contributed by atoms with E-state index in [9.17, 15) is 5.11 Å². The molecule has 1 fully saturated rings. The molecule has 0 atom stereocenters. The normalized spacial score (nSPS) is 28.4. The fourth-order valence-electron chi connectivity index (χ4n) is 2.54. The van der Waals surface area contributed by atoms with Gasteiger partial charge < -0.3 is 10.0 Å². The average molecular weight is 213 g/mol. The molecular weight excluding hydrogens is 186 g/mol. The van der Waals surface area contributed by atoms with E-state index < -0.39 is 0 Å². The Morgan fingerprint density at radius 1 is 1.20 bits per heavy atom. The van der Waals surface area contributed by atoms with E-state index in [2.05, 4.69) is 32.7 Å². The van der Waals surface area contributed by atoms with Crippen LogP contribution in [0.5, 0.6) is 0 Å². The summed E-state index contributed by atoms with van der Waals surface area (Å²) in [5.74, 6) is 0.917. The van der Waals surface area contributed by atoms with Gasteiger partial charge in [0.1, 0.15) is 0 Å². The molecule has 1 N–H and O–H groups in total. The van der Waals surface area contributed by atoms with Gasteiger partial charge >= 0.3 is 0 Å². The molecule has 0 aromatic rings. The lowest BCUT2D eigenvalue weighted by Crippen LogP contribution is -2.41. The Kier molecular flexibility index (Phi) is 4.60. The Morgan fingerprint density at radius 2 is 1.73 bits per heavy atom. The van der Waals surface area contributed by atoms with Crippen LogP contribution in [0.25, 0.3) is 0 Å². The zero-order valence-corrected chi connectivity index (χ0v) is 10.8. The van der Waals surface area contributed by atoms with E-state index in [-0.39, 0.29) is 12.0 Å². The largest absolute Gasteiger partial charge is 0.396 e. The van der Waals surface area contributed by atoms with Crippen molar-refractivity contribution in [3.05, 3.63) is 0 Å². The quantitative estimate of drug-likeness (QED) is 0.775. The smallest absolute Gasteiger partial charge is 0.0494 e. The second-order valence-electron chi connectivity index (χ2n) is 6.15. The Balaban J connectivity index is 2.37. The van der Waals surface area contributed by atoms with Crippen LogP contribution in [-0.2, 0) is 0 Å². The summed E-state index contributed by atoms with van der Waals surface area (Å²) in [6.45, 7) is 7.90. The van der Waals surface area contributed by atoms with Crippen LogP contribution in [0, 0.1) is 11.3 Å². The van der Waals surface area contributed by atoms with Gasteiger partial charge in [0.05, 0.1) is 0 Å². The van der Waals surface area contributed by atoms with Gasteiger partial charge in [0, 0.05) is 24.6 Å². The van der Waals surface area contributed by atoms with Crippen molar-refractivity contribution in [2.45, 2.75) is 52.5 Å². The Hall–Kier alpha value is -0.0800. The van der Waals surface area contributed by atoms with Gasteiger partial charge in [-0.25, -0.2) is 0 Å². The van der Waals surface area contributed by atoms with Gasteiger partial charge in [-0.15, -0.1) is 0 Å². The minimum Gasteiger partial charge on any atom is -0.396 e. The third-order valence-corrected chi connectivity index (χ3v) is 3.71.